The van der Waals surface area contributed by atoms with Crippen molar-refractivity contribution in [3.05, 3.63) is 0 Å². The molecule has 0 N–H and O–H groups in total. The molecule has 1 aliphatic heterocycles. The third-order valence-corrected chi connectivity index (χ3v) is 3.38. The SMILES string of the molecule is CC(C)C(=O)C(C)CCN1CCCCC1. The van der Waals surface area contributed by atoms with Gasteiger partial charge in [0.1, 0.15) is 5.78 Å². The van der Waals surface area contributed by atoms with Crippen LogP contribution in [0, 0.1) is 11.8 Å². The highest BCUT2D eigenvalue weighted by Gasteiger charge is 2.18. The lowest BCUT2D eigenvalue weighted by molar-refractivity contribution is -0.125. The molecule has 0 saturated carbocycles. The molecule has 1 saturated heterocycles. The number of rotatable bonds is 5. The van der Waals surface area contributed by atoms with Crippen LogP contribution in [0.5, 0.6) is 0 Å². The van der Waals surface area contributed by atoms with Crippen molar-refractivity contribution in [3.63, 3.8) is 0 Å². The Morgan fingerprint density at radius 3 is 2.27 bits per heavy atom. The maximum Gasteiger partial charge on any atom is 0.138 e. The first-order valence-electron chi connectivity index (χ1n) is 6.37. The average molecular weight is 211 g/mol. The fourth-order valence-corrected chi connectivity index (χ4v) is 2.27. The van der Waals surface area contributed by atoms with E-state index in [0.29, 0.717) is 5.78 Å². The summed E-state index contributed by atoms with van der Waals surface area (Å²) in [5.74, 6) is 0.861. The molecule has 0 spiro atoms. The van der Waals surface area contributed by atoms with Crippen molar-refractivity contribution in [3.8, 4) is 0 Å². The van der Waals surface area contributed by atoms with Gasteiger partial charge in [-0.05, 0) is 38.9 Å². The van der Waals surface area contributed by atoms with Gasteiger partial charge in [0.25, 0.3) is 0 Å². The smallest absolute Gasteiger partial charge is 0.138 e. The molecular weight excluding hydrogens is 186 g/mol. The second kappa shape index (κ2) is 6.26. The molecule has 0 amide bonds. The Morgan fingerprint density at radius 1 is 1.13 bits per heavy atom. The molecule has 1 aliphatic rings. The first kappa shape index (κ1) is 12.7. The van der Waals surface area contributed by atoms with Gasteiger partial charge in [-0.15, -0.1) is 0 Å². The van der Waals surface area contributed by atoms with Crippen molar-refractivity contribution in [2.75, 3.05) is 19.6 Å². The van der Waals surface area contributed by atoms with Crippen molar-refractivity contribution < 1.29 is 4.79 Å². The predicted molar refractivity (Wildman–Crippen MR) is 63.9 cm³/mol. The Balaban J connectivity index is 2.20. The lowest BCUT2D eigenvalue weighted by atomic mass is 9.94. The summed E-state index contributed by atoms with van der Waals surface area (Å²) in [5.41, 5.74) is 0. The highest BCUT2D eigenvalue weighted by atomic mass is 16.1. The van der Waals surface area contributed by atoms with Crippen LogP contribution < -0.4 is 0 Å². The Labute approximate surface area is 94.0 Å². The van der Waals surface area contributed by atoms with Crippen LogP contribution in [0.1, 0.15) is 46.5 Å². The van der Waals surface area contributed by atoms with Crippen LogP contribution in [-0.4, -0.2) is 30.3 Å². The molecule has 1 rings (SSSR count). The molecule has 1 unspecified atom stereocenters. The molecule has 0 aromatic carbocycles. The molecule has 2 nitrogen and oxygen atoms in total. The maximum absolute atomic E-state index is 11.7. The average Bonchev–Trinajstić information content (AvgIpc) is 2.26. The number of likely N-dealkylation sites (tertiary alicyclic amines) is 1. The highest BCUT2D eigenvalue weighted by Crippen LogP contribution is 2.14. The predicted octanol–water partition coefficient (Wildman–Crippen LogP) is 2.72. The quantitative estimate of drug-likeness (QED) is 0.697. The molecule has 0 aromatic rings. The molecule has 1 atom stereocenters. The van der Waals surface area contributed by atoms with Crippen LogP contribution in [0.4, 0.5) is 0 Å². The van der Waals surface area contributed by atoms with Gasteiger partial charge in [0, 0.05) is 11.8 Å². The highest BCUT2D eigenvalue weighted by molar-refractivity contribution is 5.82. The number of carbonyl (C=O) groups excluding carboxylic acids is 1. The zero-order chi connectivity index (χ0) is 11.3. The maximum atomic E-state index is 11.7. The van der Waals surface area contributed by atoms with Crippen LogP contribution in [0.3, 0.4) is 0 Å². The summed E-state index contributed by atoms with van der Waals surface area (Å²) in [7, 11) is 0. The lowest BCUT2D eigenvalue weighted by Gasteiger charge is -2.27. The second-order valence-electron chi connectivity index (χ2n) is 5.15. The summed E-state index contributed by atoms with van der Waals surface area (Å²) in [5, 5.41) is 0. The van der Waals surface area contributed by atoms with Crippen LogP contribution in [0.25, 0.3) is 0 Å². The van der Waals surface area contributed by atoms with E-state index in [2.05, 4.69) is 11.8 Å². The molecule has 0 aliphatic carbocycles. The van der Waals surface area contributed by atoms with E-state index in [1.165, 1.54) is 32.4 Å². The van der Waals surface area contributed by atoms with E-state index in [-0.39, 0.29) is 11.8 Å². The van der Waals surface area contributed by atoms with Gasteiger partial charge in [-0.1, -0.05) is 27.2 Å². The summed E-state index contributed by atoms with van der Waals surface area (Å²) >= 11 is 0. The van der Waals surface area contributed by atoms with E-state index in [1.54, 1.807) is 0 Å². The van der Waals surface area contributed by atoms with Gasteiger partial charge in [-0.2, -0.15) is 0 Å². The van der Waals surface area contributed by atoms with E-state index in [4.69, 9.17) is 0 Å². The summed E-state index contributed by atoms with van der Waals surface area (Å²) in [4.78, 5) is 14.2. The normalized spacial score (nSPS) is 20.5. The Kier molecular flexibility index (Phi) is 5.30. The number of hydrogen-bond donors (Lipinski definition) is 0. The van der Waals surface area contributed by atoms with Crippen LogP contribution in [0.15, 0.2) is 0 Å². The first-order chi connectivity index (χ1) is 7.11. The van der Waals surface area contributed by atoms with Crippen LogP contribution in [0.2, 0.25) is 0 Å². The standard InChI is InChI=1S/C13H25NO/c1-11(2)13(15)12(3)7-10-14-8-5-4-6-9-14/h11-12H,4-10H2,1-3H3. The third kappa shape index (κ3) is 4.33. The fraction of sp³-hybridized carbons (Fsp3) is 0.923. The molecule has 88 valence electrons. The Hall–Kier alpha value is -0.370. The molecular formula is C13H25NO. The Morgan fingerprint density at radius 2 is 1.73 bits per heavy atom. The van der Waals surface area contributed by atoms with E-state index < -0.39 is 0 Å². The monoisotopic (exact) mass is 211 g/mol. The minimum absolute atomic E-state index is 0.196. The summed E-state index contributed by atoms with van der Waals surface area (Å²) in [6.45, 7) is 9.66. The van der Waals surface area contributed by atoms with Crippen molar-refractivity contribution in [2.45, 2.75) is 46.5 Å². The second-order valence-corrected chi connectivity index (χ2v) is 5.15. The molecule has 0 aromatic heterocycles. The first-order valence-corrected chi connectivity index (χ1v) is 6.37. The summed E-state index contributed by atoms with van der Waals surface area (Å²) in [6.07, 6.45) is 5.10. The van der Waals surface area contributed by atoms with E-state index in [1.807, 2.05) is 13.8 Å². The van der Waals surface area contributed by atoms with Gasteiger partial charge in [0.05, 0.1) is 0 Å². The number of Topliss-reactive ketones (excluding diaryl/α,β-unsaturated/α-hetero) is 1. The minimum atomic E-state index is 0.196. The number of ketones is 1. The van der Waals surface area contributed by atoms with Gasteiger partial charge in [-0.25, -0.2) is 0 Å². The Bertz CT molecular complexity index is 195. The summed E-state index contributed by atoms with van der Waals surface area (Å²) < 4.78 is 0. The van der Waals surface area contributed by atoms with Crippen molar-refractivity contribution in [1.29, 1.82) is 0 Å². The number of hydrogen-bond acceptors (Lipinski definition) is 2. The van der Waals surface area contributed by atoms with E-state index >= 15 is 0 Å². The summed E-state index contributed by atoms with van der Waals surface area (Å²) in [6, 6.07) is 0. The third-order valence-electron chi connectivity index (χ3n) is 3.38. The zero-order valence-corrected chi connectivity index (χ0v) is 10.5. The van der Waals surface area contributed by atoms with Gasteiger partial charge >= 0.3 is 0 Å². The number of piperidine rings is 1. The van der Waals surface area contributed by atoms with Gasteiger partial charge in [-0.3, -0.25) is 4.79 Å². The van der Waals surface area contributed by atoms with Crippen molar-refractivity contribution in [2.24, 2.45) is 11.8 Å². The minimum Gasteiger partial charge on any atom is -0.303 e. The number of nitrogens with zero attached hydrogens (tertiary/aromatic N) is 1. The lowest BCUT2D eigenvalue weighted by Crippen LogP contribution is -2.32. The van der Waals surface area contributed by atoms with E-state index in [0.717, 1.165) is 13.0 Å². The molecule has 0 bridgehead atoms. The largest absolute Gasteiger partial charge is 0.303 e. The zero-order valence-electron chi connectivity index (χ0n) is 10.5. The molecule has 0 radical (unpaired) electrons. The van der Waals surface area contributed by atoms with Crippen LogP contribution in [-0.2, 0) is 4.79 Å². The van der Waals surface area contributed by atoms with Crippen molar-refractivity contribution in [1.82, 2.24) is 4.90 Å². The van der Waals surface area contributed by atoms with E-state index in [9.17, 15) is 4.79 Å². The van der Waals surface area contributed by atoms with Gasteiger partial charge in [0.2, 0.25) is 0 Å². The van der Waals surface area contributed by atoms with Gasteiger partial charge in [0.15, 0.2) is 0 Å². The number of carbonyl (C=O) groups is 1. The molecule has 15 heavy (non-hydrogen) atoms. The van der Waals surface area contributed by atoms with Crippen molar-refractivity contribution >= 4 is 5.78 Å². The molecule has 1 fully saturated rings. The topological polar surface area (TPSA) is 20.3 Å². The fourth-order valence-electron chi connectivity index (χ4n) is 2.27. The van der Waals surface area contributed by atoms with Crippen LogP contribution >= 0.6 is 0 Å². The van der Waals surface area contributed by atoms with Gasteiger partial charge < -0.3 is 4.90 Å². The molecule has 1 heterocycles. The molecule has 2 heteroatoms.